The summed E-state index contributed by atoms with van der Waals surface area (Å²) in [7, 11) is 1.79. The minimum absolute atomic E-state index is 0.186. The molecule has 126 valence electrons. The van der Waals surface area contributed by atoms with Gasteiger partial charge in [0.15, 0.2) is 0 Å². The van der Waals surface area contributed by atoms with E-state index in [1.165, 1.54) is 6.34 Å². The van der Waals surface area contributed by atoms with Gasteiger partial charge >= 0.3 is 0 Å². The van der Waals surface area contributed by atoms with Gasteiger partial charge in [-0.15, -0.1) is 0 Å². The van der Waals surface area contributed by atoms with E-state index in [4.69, 9.17) is 32.7 Å². The number of nitriles is 1. The normalized spacial score (nSPS) is 23.3. The van der Waals surface area contributed by atoms with Crippen molar-refractivity contribution in [3.8, 4) is 6.07 Å². The molecule has 0 saturated carbocycles. The van der Waals surface area contributed by atoms with Gasteiger partial charge in [-0.2, -0.15) is 5.26 Å². The first kappa shape index (κ1) is 17.6. The molecular weight excluding hydrogens is 316 g/mol. The predicted octanol–water partition coefficient (Wildman–Crippen LogP) is 0.656. The first-order chi connectivity index (χ1) is 11.0. The number of alkyl halides is 1. The predicted molar refractivity (Wildman–Crippen MR) is 89.6 cm³/mol. The van der Waals surface area contributed by atoms with Crippen LogP contribution < -0.4 is 16.4 Å². The molecule has 0 aromatic rings. The zero-order valence-corrected chi connectivity index (χ0v) is 13.9. The van der Waals surface area contributed by atoms with E-state index in [0.717, 1.165) is 11.4 Å². The number of allylic oxidation sites excluding steroid dienone is 1. The molecule has 7 nitrogen and oxygen atoms in total. The maximum Gasteiger partial charge on any atom is 0.122 e. The molecule has 0 aliphatic carbocycles. The van der Waals surface area contributed by atoms with Crippen molar-refractivity contribution in [3.05, 3.63) is 23.5 Å². The van der Waals surface area contributed by atoms with Crippen molar-refractivity contribution in [2.24, 2.45) is 11.1 Å². The summed E-state index contributed by atoms with van der Waals surface area (Å²) in [6.45, 7) is 1.74. The van der Waals surface area contributed by atoms with Crippen molar-refractivity contribution in [1.29, 1.82) is 10.7 Å². The number of dihydropyridines is 1. The standard InChI is InChI=1S/C15H23ClN6O/c1-22(10-18)13(19)7-15(8-23-9-15)11-5-12(16)21-14(6-11)20-4-2-3-17/h5-6,10,12-13,18,20-21H,2,4,7-9,19H2,1H3. The molecule has 1 saturated heterocycles. The average Bonchev–Trinajstić information content (AvgIpc) is 2.49. The van der Waals surface area contributed by atoms with E-state index >= 15 is 0 Å². The highest BCUT2D eigenvalue weighted by molar-refractivity contribution is 6.21. The second-order valence-corrected chi connectivity index (χ2v) is 6.37. The second-order valence-electron chi connectivity index (χ2n) is 5.90. The molecule has 2 unspecified atom stereocenters. The summed E-state index contributed by atoms with van der Waals surface area (Å²) in [5, 5.41) is 22.2. The van der Waals surface area contributed by atoms with E-state index < -0.39 is 0 Å². The lowest BCUT2D eigenvalue weighted by Crippen LogP contribution is -2.52. The van der Waals surface area contributed by atoms with E-state index in [0.29, 0.717) is 32.6 Å². The van der Waals surface area contributed by atoms with Crippen LogP contribution in [0.4, 0.5) is 0 Å². The fourth-order valence-corrected chi connectivity index (χ4v) is 2.92. The minimum Gasteiger partial charge on any atom is -0.379 e. The zero-order valence-electron chi connectivity index (χ0n) is 13.2. The second kappa shape index (κ2) is 7.68. The highest BCUT2D eigenvalue weighted by Gasteiger charge is 2.44. The van der Waals surface area contributed by atoms with Crippen LogP contribution >= 0.6 is 11.6 Å². The molecule has 0 amide bonds. The molecule has 0 aromatic heterocycles. The number of hydrogen-bond donors (Lipinski definition) is 4. The van der Waals surface area contributed by atoms with Gasteiger partial charge in [0.1, 0.15) is 11.3 Å². The van der Waals surface area contributed by atoms with Crippen molar-refractivity contribution in [1.82, 2.24) is 15.5 Å². The van der Waals surface area contributed by atoms with Crippen LogP contribution in [0.5, 0.6) is 0 Å². The van der Waals surface area contributed by atoms with Gasteiger partial charge in [0.25, 0.3) is 0 Å². The average molecular weight is 339 g/mol. The first-order valence-electron chi connectivity index (χ1n) is 7.52. The van der Waals surface area contributed by atoms with Crippen LogP contribution in [0.1, 0.15) is 12.8 Å². The molecule has 0 aromatic carbocycles. The monoisotopic (exact) mass is 338 g/mol. The molecule has 8 heteroatoms. The Balaban J connectivity index is 2.12. The van der Waals surface area contributed by atoms with Gasteiger partial charge in [-0.1, -0.05) is 11.6 Å². The van der Waals surface area contributed by atoms with Crippen LogP contribution in [-0.2, 0) is 4.74 Å². The van der Waals surface area contributed by atoms with Gasteiger partial charge in [0.2, 0.25) is 0 Å². The Morgan fingerprint density at radius 3 is 3.04 bits per heavy atom. The fourth-order valence-electron chi connectivity index (χ4n) is 2.67. The smallest absolute Gasteiger partial charge is 0.122 e. The Bertz CT molecular complexity index is 537. The molecule has 2 rings (SSSR count). The highest BCUT2D eigenvalue weighted by atomic mass is 35.5. The van der Waals surface area contributed by atoms with Gasteiger partial charge in [-0.05, 0) is 24.1 Å². The van der Waals surface area contributed by atoms with Gasteiger partial charge in [0.05, 0.1) is 38.2 Å². The zero-order chi connectivity index (χ0) is 16.9. The third-order valence-corrected chi connectivity index (χ3v) is 4.40. The van der Waals surface area contributed by atoms with Gasteiger partial charge < -0.3 is 26.0 Å². The highest BCUT2D eigenvalue weighted by Crippen LogP contribution is 2.42. The van der Waals surface area contributed by atoms with Crippen LogP contribution in [0.2, 0.25) is 0 Å². The third-order valence-electron chi connectivity index (χ3n) is 4.17. The van der Waals surface area contributed by atoms with Crippen LogP contribution in [-0.4, -0.2) is 49.7 Å². The molecular formula is C15H23ClN6O. The van der Waals surface area contributed by atoms with E-state index in [9.17, 15) is 0 Å². The Hall–Kier alpha value is -1.75. The Kier molecular flexibility index (Phi) is 5.88. The van der Waals surface area contributed by atoms with Crippen LogP contribution in [0.15, 0.2) is 23.5 Å². The van der Waals surface area contributed by atoms with E-state index in [1.54, 1.807) is 11.9 Å². The number of nitrogens with zero attached hydrogens (tertiary/aromatic N) is 2. The van der Waals surface area contributed by atoms with E-state index in [2.05, 4.69) is 16.7 Å². The molecule has 23 heavy (non-hydrogen) atoms. The molecule has 0 bridgehead atoms. The summed E-state index contributed by atoms with van der Waals surface area (Å²) in [6.07, 6.45) is 6.05. The largest absolute Gasteiger partial charge is 0.379 e. The Labute approximate surface area is 141 Å². The van der Waals surface area contributed by atoms with Gasteiger partial charge in [0, 0.05) is 19.0 Å². The molecule has 0 radical (unpaired) electrons. The SMILES string of the molecule is CN(C=N)C(N)CC1(C2=CC(Cl)NC(NCCC#N)=C2)COC1. The summed E-state index contributed by atoms with van der Waals surface area (Å²) in [6, 6.07) is 2.10. The number of nitrogens with one attached hydrogen (secondary N) is 3. The third kappa shape index (κ3) is 4.16. The summed E-state index contributed by atoms with van der Waals surface area (Å²) in [4.78, 5) is 1.68. The summed E-state index contributed by atoms with van der Waals surface area (Å²) < 4.78 is 5.45. The van der Waals surface area contributed by atoms with Gasteiger partial charge in [-0.25, -0.2) is 0 Å². The Morgan fingerprint density at radius 1 is 1.74 bits per heavy atom. The fraction of sp³-hybridized carbons (Fsp3) is 0.600. The van der Waals surface area contributed by atoms with Crippen LogP contribution in [0, 0.1) is 22.2 Å². The summed E-state index contributed by atoms with van der Waals surface area (Å²) in [5.41, 5.74) is 6.74. The molecule has 2 aliphatic rings. The number of rotatable bonds is 8. The number of nitrogens with two attached hydrogens (primary N) is 1. The Morgan fingerprint density at radius 2 is 2.48 bits per heavy atom. The van der Waals surface area contributed by atoms with Crippen molar-refractivity contribution in [2.75, 3.05) is 26.8 Å². The molecule has 2 atom stereocenters. The van der Waals surface area contributed by atoms with Crippen LogP contribution in [0.25, 0.3) is 0 Å². The summed E-state index contributed by atoms with van der Waals surface area (Å²) in [5.74, 6) is 0.804. The van der Waals surface area contributed by atoms with Crippen molar-refractivity contribution in [3.63, 3.8) is 0 Å². The van der Waals surface area contributed by atoms with Crippen molar-refractivity contribution >= 4 is 17.9 Å². The number of ether oxygens (including phenoxy) is 1. The van der Waals surface area contributed by atoms with Crippen molar-refractivity contribution in [2.45, 2.75) is 24.5 Å². The quantitative estimate of drug-likeness (QED) is 0.129. The molecule has 1 fully saturated rings. The first-order valence-corrected chi connectivity index (χ1v) is 7.96. The lowest BCUT2D eigenvalue weighted by Gasteiger charge is -2.46. The molecule has 5 N–H and O–H groups in total. The maximum atomic E-state index is 8.63. The van der Waals surface area contributed by atoms with E-state index in [1.807, 2.05) is 12.2 Å². The number of halogens is 1. The molecule has 2 heterocycles. The van der Waals surface area contributed by atoms with Crippen LogP contribution in [0.3, 0.4) is 0 Å². The van der Waals surface area contributed by atoms with Crippen molar-refractivity contribution < 1.29 is 4.74 Å². The number of hydrogen-bond acceptors (Lipinski definition) is 6. The molecule has 0 spiro atoms. The topological polar surface area (TPSA) is 110 Å². The maximum absolute atomic E-state index is 8.63. The minimum atomic E-state index is -0.325. The van der Waals surface area contributed by atoms with Gasteiger partial charge in [-0.3, -0.25) is 5.41 Å². The lowest BCUT2D eigenvalue weighted by atomic mass is 9.73. The van der Waals surface area contributed by atoms with E-state index in [-0.39, 0.29) is 17.1 Å². The summed E-state index contributed by atoms with van der Waals surface area (Å²) >= 11 is 6.28. The molecule has 2 aliphatic heterocycles. The lowest BCUT2D eigenvalue weighted by molar-refractivity contribution is -0.0985.